The highest BCUT2D eigenvalue weighted by Gasteiger charge is 2.22. The Morgan fingerprint density at radius 2 is 2.00 bits per heavy atom. The molecule has 1 N–H and O–H groups in total. The van der Waals surface area contributed by atoms with Gasteiger partial charge in [0.05, 0.1) is 10.7 Å². The van der Waals surface area contributed by atoms with Crippen LogP contribution in [0.3, 0.4) is 0 Å². The summed E-state index contributed by atoms with van der Waals surface area (Å²) in [5.74, 6) is 0. The Hall–Kier alpha value is -0.410. The van der Waals surface area contributed by atoms with Crippen LogP contribution in [0.15, 0.2) is 0 Å². The third-order valence-corrected chi connectivity index (χ3v) is 3.37. The van der Waals surface area contributed by atoms with Crippen LogP contribution in [0.5, 0.6) is 0 Å². The average Bonchev–Trinajstić information content (AvgIpc) is 2.49. The van der Waals surface area contributed by atoms with Crippen LogP contribution in [0.4, 0.5) is 0 Å². The maximum absolute atomic E-state index is 4.77. The molecule has 3 heteroatoms. The van der Waals surface area contributed by atoms with Crippen molar-refractivity contribution in [1.29, 1.82) is 0 Å². The van der Waals surface area contributed by atoms with E-state index in [1.54, 1.807) is 0 Å². The van der Waals surface area contributed by atoms with Gasteiger partial charge in [-0.2, -0.15) is 0 Å². The minimum Gasteiger partial charge on any atom is -0.315 e. The first-order valence-electron chi connectivity index (χ1n) is 5.62. The highest BCUT2D eigenvalue weighted by atomic mass is 32.1. The van der Waals surface area contributed by atoms with Crippen LogP contribution in [0.2, 0.25) is 0 Å². The standard InChI is InChI=1S/C12H22N2S/c1-6-7-10-14-11(12(2,3)4)9(15-10)8-13-5/h13H,6-8H2,1-5H3. The number of rotatable bonds is 4. The van der Waals surface area contributed by atoms with E-state index in [1.807, 2.05) is 18.4 Å². The lowest BCUT2D eigenvalue weighted by Crippen LogP contribution is -2.16. The van der Waals surface area contributed by atoms with Gasteiger partial charge in [0.25, 0.3) is 0 Å². The second kappa shape index (κ2) is 5.08. The zero-order chi connectivity index (χ0) is 11.5. The van der Waals surface area contributed by atoms with Crippen LogP contribution in [-0.2, 0) is 18.4 Å². The summed E-state index contributed by atoms with van der Waals surface area (Å²) in [4.78, 5) is 6.17. The van der Waals surface area contributed by atoms with Crippen LogP contribution in [-0.4, -0.2) is 12.0 Å². The first-order valence-corrected chi connectivity index (χ1v) is 6.44. The molecular weight excluding hydrogens is 204 g/mol. The molecule has 86 valence electrons. The van der Waals surface area contributed by atoms with Crippen molar-refractivity contribution in [2.45, 2.75) is 52.5 Å². The molecule has 0 fully saturated rings. The Morgan fingerprint density at radius 1 is 1.33 bits per heavy atom. The number of nitrogens with one attached hydrogen (secondary N) is 1. The molecule has 0 aliphatic carbocycles. The number of hydrogen-bond donors (Lipinski definition) is 1. The van der Waals surface area contributed by atoms with Crippen molar-refractivity contribution in [3.05, 3.63) is 15.6 Å². The third kappa shape index (κ3) is 3.28. The molecule has 1 rings (SSSR count). The summed E-state index contributed by atoms with van der Waals surface area (Å²) in [5.41, 5.74) is 1.43. The minimum atomic E-state index is 0.161. The zero-order valence-electron chi connectivity index (χ0n) is 10.5. The molecule has 1 aromatic heterocycles. The van der Waals surface area contributed by atoms with Crippen molar-refractivity contribution in [2.24, 2.45) is 0 Å². The van der Waals surface area contributed by atoms with E-state index in [1.165, 1.54) is 22.0 Å². The fourth-order valence-electron chi connectivity index (χ4n) is 1.59. The Morgan fingerprint density at radius 3 is 2.47 bits per heavy atom. The van der Waals surface area contributed by atoms with Crippen LogP contribution in [0, 0.1) is 0 Å². The number of thiazole rings is 1. The second-order valence-electron chi connectivity index (χ2n) is 4.91. The lowest BCUT2D eigenvalue weighted by molar-refractivity contribution is 0.561. The zero-order valence-corrected chi connectivity index (χ0v) is 11.3. The highest BCUT2D eigenvalue weighted by Crippen LogP contribution is 2.30. The number of aromatic nitrogens is 1. The van der Waals surface area contributed by atoms with Crippen molar-refractivity contribution in [3.8, 4) is 0 Å². The van der Waals surface area contributed by atoms with Gasteiger partial charge in [-0.3, -0.25) is 0 Å². The maximum atomic E-state index is 4.77. The summed E-state index contributed by atoms with van der Waals surface area (Å²) in [6.45, 7) is 9.84. The van der Waals surface area contributed by atoms with Crippen LogP contribution in [0.1, 0.15) is 49.7 Å². The second-order valence-corrected chi connectivity index (χ2v) is 6.08. The molecule has 2 nitrogen and oxygen atoms in total. The van der Waals surface area contributed by atoms with E-state index in [0.29, 0.717) is 0 Å². The lowest BCUT2D eigenvalue weighted by atomic mass is 9.91. The summed E-state index contributed by atoms with van der Waals surface area (Å²) >= 11 is 1.86. The molecule has 1 heterocycles. The quantitative estimate of drug-likeness (QED) is 0.853. The predicted molar refractivity (Wildman–Crippen MR) is 67.6 cm³/mol. The maximum Gasteiger partial charge on any atom is 0.0931 e. The number of aryl methyl sites for hydroxylation is 1. The SMILES string of the molecule is CCCc1nc(C(C)(C)C)c(CNC)s1. The van der Waals surface area contributed by atoms with Gasteiger partial charge in [0.1, 0.15) is 0 Å². The number of hydrogen-bond acceptors (Lipinski definition) is 3. The van der Waals surface area contributed by atoms with Gasteiger partial charge in [0.15, 0.2) is 0 Å². The molecule has 0 saturated heterocycles. The largest absolute Gasteiger partial charge is 0.315 e. The fourth-order valence-corrected chi connectivity index (χ4v) is 2.98. The fraction of sp³-hybridized carbons (Fsp3) is 0.750. The lowest BCUT2D eigenvalue weighted by Gasteiger charge is -2.17. The summed E-state index contributed by atoms with van der Waals surface area (Å²) in [7, 11) is 1.99. The monoisotopic (exact) mass is 226 g/mol. The van der Waals surface area contributed by atoms with E-state index >= 15 is 0 Å². The summed E-state index contributed by atoms with van der Waals surface area (Å²) in [6.07, 6.45) is 2.29. The summed E-state index contributed by atoms with van der Waals surface area (Å²) in [5, 5.41) is 4.51. The van der Waals surface area contributed by atoms with Crippen LogP contribution in [0.25, 0.3) is 0 Å². The Bertz CT molecular complexity index is 310. The van der Waals surface area contributed by atoms with E-state index in [-0.39, 0.29) is 5.41 Å². The van der Waals surface area contributed by atoms with Gasteiger partial charge in [-0.05, 0) is 19.9 Å². The van der Waals surface area contributed by atoms with Gasteiger partial charge in [-0.15, -0.1) is 11.3 Å². The van der Waals surface area contributed by atoms with Gasteiger partial charge in [-0.1, -0.05) is 27.7 Å². The molecule has 0 unspecified atom stereocenters. The van der Waals surface area contributed by atoms with E-state index in [2.05, 4.69) is 33.0 Å². The Kier molecular flexibility index (Phi) is 4.29. The molecular formula is C12H22N2S. The normalized spacial score (nSPS) is 12.1. The topological polar surface area (TPSA) is 24.9 Å². The van der Waals surface area contributed by atoms with Crippen molar-refractivity contribution in [2.75, 3.05) is 7.05 Å². The van der Waals surface area contributed by atoms with Gasteiger partial charge < -0.3 is 5.32 Å². The first-order chi connectivity index (χ1) is 6.99. The Balaban J connectivity index is 3.00. The van der Waals surface area contributed by atoms with Gasteiger partial charge in [0, 0.05) is 16.8 Å². The third-order valence-electron chi connectivity index (χ3n) is 2.25. The molecule has 0 aliphatic heterocycles. The molecule has 0 spiro atoms. The van der Waals surface area contributed by atoms with Crippen molar-refractivity contribution < 1.29 is 0 Å². The molecule has 1 aromatic rings. The van der Waals surface area contributed by atoms with Crippen LogP contribution >= 0.6 is 11.3 Å². The summed E-state index contributed by atoms with van der Waals surface area (Å²) < 4.78 is 0. The summed E-state index contributed by atoms with van der Waals surface area (Å²) in [6, 6.07) is 0. The van der Waals surface area contributed by atoms with E-state index in [9.17, 15) is 0 Å². The van der Waals surface area contributed by atoms with Crippen LogP contribution < -0.4 is 5.32 Å². The molecule has 15 heavy (non-hydrogen) atoms. The molecule has 0 amide bonds. The van der Waals surface area contributed by atoms with Gasteiger partial charge in [-0.25, -0.2) is 4.98 Å². The molecule has 0 aliphatic rings. The predicted octanol–water partition coefficient (Wildman–Crippen LogP) is 3.11. The molecule has 0 bridgehead atoms. The van der Waals surface area contributed by atoms with Crippen molar-refractivity contribution >= 4 is 11.3 Å². The van der Waals surface area contributed by atoms with Crippen molar-refractivity contribution in [3.63, 3.8) is 0 Å². The molecule has 0 atom stereocenters. The van der Waals surface area contributed by atoms with Gasteiger partial charge in [0.2, 0.25) is 0 Å². The average molecular weight is 226 g/mol. The highest BCUT2D eigenvalue weighted by molar-refractivity contribution is 7.11. The Labute approximate surface area is 97.1 Å². The van der Waals surface area contributed by atoms with E-state index in [4.69, 9.17) is 4.98 Å². The number of nitrogens with zero attached hydrogens (tertiary/aromatic N) is 1. The minimum absolute atomic E-state index is 0.161. The van der Waals surface area contributed by atoms with E-state index < -0.39 is 0 Å². The van der Waals surface area contributed by atoms with Gasteiger partial charge >= 0.3 is 0 Å². The first kappa shape index (κ1) is 12.7. The molecule has 0 radical (unpaired) electrons. The molecule has 0 saturated carbocycles. The molecule has 0 aromatic carbocycles. The smallest absolute Gasteiger partial charge is 0.0931 e. The van der Waals surface area contributed by atoms with Crippen molar-refractivity contribution in [1.82, 2.24) is 10.3 Å². The van der Waals surface area contributed by atoms with E-state index in [0.717, 1.165) is 13.0 Å².